The van der Waals surface area contributed by atoms with Crippen LogP contribution in [0.5, 0.6) is 0 Å². The van der Waals surface area contributed by atoms with Crippen LogP contribution in [0.15, 0.2) is 23.9 Å². The van der Waals surface area contributed by atoms with Crippen LogP contribution in [0.3, 0.4) is 0 Å². The van der Waals surface area contributed by atoms with E-state index in [1.54, 1.807) is 6.08 Å². The largest absolute Gasteiger partial charge is 2.00 e. The van der Waals surface area contributed by atoms with E-state index in [-0.39, 0.29) is 59.7 Å². The second kappa shape index (κ2) is 15.0. The molecule has 0 radical (unpaired) electrons. The summed E-state index contributed by atoms with van der Waals surface area (Å²) in [4.78, 5) is 55.3. The van der Waals surface area contributed by atoms with E-state index in [0.29, 0.717) is 67.9 Å². The third-order valence-corrected chi connectivity index (χ3v) is 10.3. The van der Waals surface area contributed by atoms with Gasteiger partial charge in [0.25, 0.3) is 0 Å². The Hall–Kier alpha value is -4.48. The zero-order valence-electron chi connectivity index (χ0n) is 30.3. The minimum Gasteiger partial charge on any atom is -0.681 e. The van der Waals surface area contributed by atoms with Crippen molar-refractivity contribution in [1.29, 1.82) is 0 Å². The molecule has 8 bridgehead atoms. The van der Waals surface area contributed by atoms with Gasteiger partial charge in [-0.15, -0.1) is 33.1 Å². The Balaban J connectivity index is 0.00000504. The van der Waals surface area contributed by atoms with Crippen LogP contribution >= 0.6 is 0 Å². The van der Waals surface area contributed by atoms with Crippen molar-refractivity contribution in [2.45, 2.75) is 66.8 Å². The van der Waals surface area contributed by atoms with Crippen LogP contribution in [0.25, 0.3) is 41.5 Å². The molecule has 1 fully saturated rings. The van der Waals surface area contributed by atoms with Gasteiger partial charge >= 0.3 is 35.0 Å². The number of nitrogens with zero attached hydrogens (tertiary/aromatic N) is 4. The molecule has 6 rings (SSSR count). The van der Waals surface area contributed by atoms with Gasteiger partial charge in [0.15, 0.2) is 5.78 Å². The number of rotatable bonds is 8. The second-order valence-corrected chi connectivity index (χ2v) is 13.4. The summed E-state index contributed by atoms with van der Waals surface area (Å²) in [7, 11) is 1.27. The normalized spacial score (nSPS) is 22.8. The maximum absolute atomic E-state index is 14.2. The summed E-state index contributed by atoms with van der Waals surface area (Å²) in [5, 5.41) is 17.7. The molecule has 4 atom stereocenters. The molecule has 0 amide bonds. The number of ketones is 1. The molecule has 1 aliphatic carbocycles. The van der Waals surface area contributed by atoms with E-state index in [2.05, 4.69) is 6.58 Å². The number of fused-ring (bicyclic) bond motifs is 8. The summed E-state index contributed by atoms with van der Waals surface area (Å²) in [6.45, 7) is 15.9. The van der Waals surface area contributed by atoms with Crippen LogP contribution in [0.4, 0.5) is 0 Å². The zero-order chi connectivity index (χ0) is 36.0. The molecule has 0 spiro atoms. The Morgan fingerprint density at radius 3 is 2.39 bits per heavy atom. The van der Waals surface area contributed by atoms with Crippen LogP contribution in [0.2, 0.25) is 0 Å². The Labute approximate surface area is 313 Å². The SMILES string of the molecule is C=Cc1c2[n-]c(c1C)/C=C1\[N-]C(C3=c4[n-]/c(c(C)c4C(=O)[C@@H]3C(=O)OC)=C\c3[n-]c(/c(=C\O)c3CC)=C\2)[C@@H](CCC(=O)OCC=C(C)C)[C@@H]1C.[Mg+2]. The average molecular weight is 699 g/mol. The number of hydrogen-bond donors (Lipinski definition) is 1. The van der Waals surface area contributed by atoms with Crippen molar-refractivity contribution in [3.05, 3.63) is 95.4 Å². The molecular weight excluding hydrogens is 657 g/mol. The number of carbonyl (C=O) groups excluding carboxylic acids is 3. The quantitative estimate of drug-likeness (QED) is 0.162. The Bertz CT molecular complexity index is 2240. The van der Waals surface area contributed by atoms with Crippen molar-refractivity contribution in [2.75, 3.05) is 13.7 Å². The Morgan fingerprint density at radius 1 is 1.02 bits per heavy atom. The molecule has 10 nitrogen and oxygen atoms in total. The van der Waals surface area contributed by atoms with Crippen molar-refractivity contribution in [3.63, 3.8) is 0 Å². The van der Waals surface area contributed by atoms with Crippen LogP contribution in [0, 0.1) is 31.6 Å². The number of aliphatic hydroxyl groups is 1. The first-order valence-corrected chi connectivity index (χ1v) is 17.0. The van der Waals surface area contributed by atoms with E-state index in [4.69, 9.17) is 29.7 Å². The van der Waals surface area contributed by atoms with Crippen LogP contribution < -0.4 is 36.2 Å². The Morgan fingerprint density at radius 2 is 1.75 bits per heavy atom. The van der Waals surface area contributed by atoms with Crippen molar-refractivity contribution in [3.8, 4) is 0 Å². The van der Waals surface area contributed by atoms with Gasteiger partial charge in [-0.1, -0.05) is 78.6 Å². The summed E-state index contributed by atoms with van der Waals surface area (Å²) < 4.78 is 10.7. The molecule has 3 aliphatic rings. The van der Waals surface area contributed by atoms with E-state index >= 15 is 0 Å². The predicted molar refractivity (Wildman–Crippen MR) is 197 cm³/mol. The van der Waals surface area contributed by atoms with Gasteiger partial charge in [0.2, 0.25) is 0 Å². The molecule has 262 valence electrons. The zero-order valence-corrected chi connectivity index (χ0v) is 31.7. The standard InChI is InChI=1S/C40H42N4O6.Mg/c1-9-23-20(5)27-15-28-21(6)25(11-12-33(46)50-14-13-19(3)4)37(43-28)35-36(40(48)49-8)39(47)34-22(7)29(44-38(34)35)16-31-24(10-2)26(18-45)32(42-31)17-30(23)41-27;/h9,13,15-18,21,25,36-37H,1,10-12,14H2,2-8H3,(H,45,47);/q-4;+2/b28-15-,32-17-;/t21-,25-,36+,37?;/m0./s1. The van der Waals surface area contributed by atoms with Crippen LogP contribution in [-0.4, -0.2) is 65.6 Å². The number of allylic oxidation sites excluding steroid dienone is 2. The van der Waals surface area contributed by atoms with Crippen LogP contribution in [0.1, 0.15) is 90.2 Å². The maximum atomic E-state index is 14.2. The van der Waals surface area contributed by atoms with Gasteiger partial charge < -0.3 is 34.8 Å². The Kier molecular flexibility index (Phi) is 11.1. The number of Topliss-reactive ketones (excluding diaryl/α,β-unsaturated/α-hetero) is 1. The fraction of sp³-hybridized carbons (Fsp3) is 0.375. The molecular formula is C40H42MgN4O6-2. The summed E-state index contributed by atoms with van der Waals surface area (Å²) in [6.07, 6.45) is 11.4. The third-order valence-electron chi connectivity index (χ3n) is 10.3. The van der Waals surface area contributed by atoms with E-state index in [1.165, 1.54) is 7.11 Å². The first-order valence-electron chi connectivity index (χ1n) is 17.0. The average Bonchev–Trinajstić information content (AvgIpc) is 3.83. The van der Waals surface area contributed by atoms with E-state index in [9.17, 15) is 19.5 Å². The van der Waals surface area contributed by atoms with E-state index in [0.717, 1.165) is 34.2 Å². The first kappa shape index (κ1) is 37.8. The molecule has 1 saturated heterocycles. The molecule has 3 aromatic rings. The van der Waals surface area contributed by atoms with Gasteiger partial charge in [-0.25, -0.2) is 0 Å². The van der Waals surface area contributed by atoms with Crippen molar-refractivity contribution < 1.29 is 29.0 Å². The van der Waals surface area contributed by atoms with Gasteiger partial charge in [-0.2, -0.15) is 5.70 Å². The van der Waals surface area contributed by atoms with Crippen LogP contribution in [-0.2, 0) is 25.5 Å². The molecule has 1 N–H and O–H groups in total. The van der Waals surface area contributed by atoms with Gasteiger partial charge in [0, 0.05) is 12.0 Å². The molecule has 0 aromatic carbocycles. The third kappa shape index (κ3) is 6.57. The molecule has 51 heavy (non-hydrogen) atoms. The summed E-state index contributed by atoms with van der Waals surface area (Å²) in [5.41, 5.74) is 7.75. The van der Waals surface area contributed by atoms with Crippen molar-refractivity contribution in [1.82, 2.24) is 15.0 Å². The van der Waals surface area contributed by atoms with Gasteiger partial charge in [0.05, 0.1) is 13.4 Å². The maximum Gasteiger partial charge on any atom is 2.00 e. The fourth-order valence-electron chi connectivity index (χ4n) is 7.51. The molecule has 11 heteroatoms. The number of esters is 2. The molecule has 0 saturated carbocycles. The molecule has 1 unspecified atom stereocenters. The number of carbonyl (C=O) groups is 3. The fourth-order valence-corrected chi connectivity index (χ4v) is 7.51. The van der Waals surface area contributed by atoms with Gasteiger partial charge in [-0.05, 0) is 69.2 Å². The summed E-state index contributed by atoms with van der Waals surface area (Å²) in [6, 6.07) is -0.642. The minimum atomic E-state index is -1.21. The number of hydrogen-bond acceptors (Lipinski definition) is 6. The predicted octanol–water partition coefficient (Wildman–Crippen LogP) is 2.74. The summed E-state index contributed by atoms with van der Waals surface area (Å²) in [5.74, 6) is -3.04. The monoisotopic (exact) mass is 698 g/mol. The first-order chi connectivity index (χ1) is 23.9. The van der Waals surface area contributed by atoms with Gasteiger partial charge in [0.1, 0.15) is 12.5 Å². The van der Waals surface area contributed by atoms with E-state index < -0.39 is 17.9 Å². The van der Waals surface area contributed by atoms with Crippen molar-refractivity contribution in [2.24, 2.45) is 17.8 Å². The number of methoxy groups -OCH3 is 1. The topological polar surface area (TPSA) is 146 Å². The smallest absolute Gasteiger partial charge is 0.681 e. The number of ether oxygens (including phenoxy) is 2. The minimum absolute atomic E-state index is 0. The van der Waals surface area contributed by atoms with Gasteiger partial charge in [-0.3, -0.25) is 14.4 Å². The second-order valence-electron chi connectivity index (χ2n) is 13.4. The molecule has 5 heterocycles. The van der Waals surface area contributed by atoms with E-state index in [1.807, 2.05) is 65.8 Å². The molecule has 3 aromatic heterocycles. The van der Waals surface area contributed by atoms with Crippen molar-refractivity contribution >= 4 is 76.9 Å². The number of aromatic nitrogens is 3. The number of aliphatic hydroxyl groups excluding tert-OH is 1. The molecule has 2 aliphatic heterocycles. The summed E-state index contributed by atoms with van der Waals surface area (Å²) >= 11 is 0.